The fourth-order valence-corrected chi connectivity index (χ4v) is 1.80. The van der Waals surface area contributed by atoms with Gasteiger partial charge in [-0.25, -0.2) is 4.79 Å². The third kappa shape index (κ3) is 2.35. The van der Waals surface area contributed by atoms with Crippen LogP contribution in [0.5, 0.6) is 5.75 Å². The number of esters is 1. The first-order valence-electron chi connectivity index (χ1n) is 4.62. The minimum Gasteiger partial charge on any atom is -0.421 e. The number of carbonyl (C=O) groups is 2. The molecule has 0 unspecified atom stereocenters. The molecule has 16 heavy (non-hydrogen) atoms. The summed E-state index contributed by atoms with van der Waals surface area (Å²) < 4.78 is 4.92. The fourth-order valence-electron chi connectivity index (χ4n) is 1.15. The van der Waals surface area contributed by atoms with Gasteiger partial charge in [0.1, 0.15) is 5.75 Å². The molecule has 0 N–H and O–H groups in total. The van der Waals surface area contributed by atoms with Crippen LogP contribution in [-0.4, -0.2) is 11.8 Å². The number of Topliss-reactive ketones (excluding diaryl/α,β-unsaturated/α-hetero) is 1. The standard InChI is InChI=1S/C12H8O3S/c13-11(10-7-4-8-16-10)12(14)15-9-5-2-1-3-6-9/h1-8H. The average Bonchev–Trinajstić information content (AvgIpc) is 2.83. The summed E-state index contributed by atoms with van der Waals surface area (Å²) in [5.41, 5.74) is 0. The molecular formula is C12H8O3S. The third-order valence-electron chi connectivity index (χ3n) is 1.88. The van der Waals surface area contributed by atoms with E-state index in [1.165, 1.54) is 11.3 Å². The van der Waals surface area contributed by atoms with Crippen LogP contribution in [-0.2, 0) is 4.79 Å². The predicted molar refractivity (Wildman–Crippen MR) is 60.7 cm³/mol. The summed E-state index contributed by atoms with van der Waals surface area (Å²) in [6, 6.07) is 11.8. The highest BCUT2D eigenvalue weighted by atomic mass is 32.1. The Kier molecular flexibility index (Phi) is 3.12. The SMILES string of the molecule is O=C(Oc1ccccc1)C(=O)c1cccs1. The van der Waals surface area contributed by atoms with Crippen molar-refractivity contribution >= 4 is 23.1 Å². The van der Waals surface area contributed by atoms with E-state index in [1.807, 2.05) is 0 Å². The van der Waals surface area contributed by atoms with Crippen LogP contribution in [0.3, 0.4) is 0 Å². The maximum Gasteiger partial charge on any atom is 0.385 e. The van der Waals surface area contributed by atoms with Gasteiger partial charge in [-0.15, -0.1) is 11.3 Å². The van der Waals surface area contributed by atoms with Crippen molar-refractivity contribution in [1.82, 2.24) is 0 Å². The number of ether oxygens (including phenoxy) is 1. The Labute approximate surface area is 96.3 Å². The second-order valence-electron chi connectivity index (χ2n) is 3.01. The van der Waals surface area contributed by atoms with Gasteiger partial charge in [0.05, 0.1) is 4.88 Å². The van der Waals surface area contributed by atoms with Crippen LogP contribution in [0.2, 0.25) is 0 Å². The van der Waals surface area contributed by atoms with E-state index in [0.29, 0.717) is 10.6 Å². The lowest BCUT2D eigenvalue weighted by Crippen LogP contribution is -2.19. The number of para-hydroxylation sites is 1. The van der Waals surface area contributed by atoms with Crippen molar-refractivity contribution in [2.24, 2.45) is 0 Å². The third-order valence-corrected chi connectivity index (χ3v) is 2.75. The van der Waals surface area contributed by atoms with E-state index in [-0.39, 0.29) is 0 Å². The highest BCUT2D eigenvalue weighted by Gasteiger charge is 2.19. The number of hydrogen-bond donors (Lipinski definition) is 0. The minimum absolute atomic E-state index is 0.373. The Morgan fingerprint density at radius 2 is 1.75 bits per heavy atom. The number of carbonyl (C=O) groups excluding carboxylic acids is 2. The zero-order valence-electron chi connectivity index (χ0n) is 8.25. The van der Waals surface area contributed by atoms with Crippen molar-refractivity contribution in [3.63, 3.8) is 0 Å². The topological polar surface area (TPSA) is 43.4 Å². The van der Waals surface area contributed by atoms with Gasteiger partial charge in [-0.05, 0) is 23.6 Å². The minimum atomic E-state index is -0.853. The molecule has 0 bridgehead atoms. The number of ketones is 1. The zero-order valence-corrected chi connectivity index (χ0v) is 9.07. The molecule has 4 heteroatoms. The molecule has 0 saturated heterocycles. The van der Waals surface area contributed by atoms with Gasteiger partial charge in [-0.3, -0.25) is 4.79 Å². The smallest absolute Gasteiger partial charge is 0.385 e. The van der Waals surface area contributed by atoms with Crippen LogP contribution in [0.1, 0.15) is 9.67 Å². The van der Waals surface area contributed by atoms with Crippen molar-refractivity contribution in [2.45, 2.75) is 0 Å². The first kappa shape index (κ1) is 10.6. The van der Waals surface area contributed by atoms with Crippen LogP contribution in [0.25, 0.3) is 0 Å². The molecule has 0 radical (unpaired) electrons. The lowest BCUT2D eigenvalue weighted by molar-refractivity contribution is -0.129. The van der Waals surface area contributed by atoms with E-state index in [1.54, 1.807) is 47.8 Å². The molecule has 1 aromatic heterocycles. The zero-order chi connectivity index (χ0) is 11.4. The Balaban J connectivity index is 2.07. The van der Waals surface area contributed by atoms with Crippen LogP contribution in [0.4, 0.5) is 0 Å². The van der Waals surface area contributed by atoms with Gasteiger partial charge < -0.3 is 4.74 Å². The molecule has 2 aromatic rings. The van der Waals surface area contributed by atoms with E-state index in [4.69, 9.17) is 4.74 Å². The highest BCUT2D eigenvalue weighted by Crippen LogP contribution is 2.13. The highest BCUT2D eigenvalue weighted by molar-refractivity contribution is 7.12. The summed E-state index contributed by atoms with van der Waals surface area (Å²) in [6.45, 7) is 0. The van der Waals surface area contributed by atoms with Gasteiger partial charge in [0.15, 0.2) is 0 Å². The van der Waals surface area contributed by atoms with E-state index in [9.17, 15) is 9.59 Å². The second kappa shape index (κ2) is 4.72. The first-order valence-corrected chi connectivity index (χ1v) is 5.50. The predicted octanol–water partition coefficient (Wildman–Crippen LogP) is 2.54. The van der Waals surface area contributed by atoms with Crippen molar-refractivity contribution in [2.75, 3.05) is 0 Å². The summed E-state index contributed by atoms with van der Waals surface area (Å²) in [7, 11) is 0. The summed E-state index contributed by atoms with van der Waals surface area (Å²) in [5, 5.41) is 1.74. The van der Waals surface area contributed by atoms with Crippen LogP contribution in [0, 0.1) is 0 Å². The molecule has 0 aliphatic rings. The molecule has 0 saturated carbocycles. The van der Waals surface area contributed by atoms with Gasteiger partial charge in [0, 0.05) is 0 Å². The molecular weight excluding hydrogens is 224 g/mol. The van der Waals surface area contributed by atoms with Crippen molar-refractivity contribution in [3.05, 3.63) is 52.7 Å². The number of thiophene rings is 1. The number of hydrogen-bond acceptors (Lipinski definition) is 4. The fraction of sp³-hybridized carbons (Fsp3) is 0. The molecule has 0 aliphatic heterocycles. The van der Waals surface area contributed by atoms with E-state index >= 15 is 0 Å². The van der Waals surface area contributed by atoms with Gasteiger partial charge in [0.2, 0.25) is 0 Å². The van der Waals surface area contributed by atoms with Crippen LogP contribution >= 0.6 is 11.3 Å². The monoisotopic (exact) mass is 232 g/mol. The summed E-state index contributed by atoms with van der Waals surface area (Å²) in [6.07, 6.45) is 0. The summed E-state index contributed by atoms with van der Waals surface area (Å²) in [5.74, 6) is -1.09. The molecule has 0 fully saturated rings. The van der Waals surface area contributed by atoms with Gasteiger partial charge >= 0.3 is 5.97 Å². The lowest BCUT2D eigenvalue weighted by Gasteiger charge is -2.01. The molecule has 0 aliphatic carbocycles. The summed E-state index contributed by atoms with van der Waals surface area (Å²) >= 11 is 1.22. The molecule has 1 heterocycles. The maximum atomic E-state index is 11.5. The Morgan fingerprint density at radius 3 is 2.38 bits per heavy atom. The van der Waals surface area contributed by atoms with Gasteiger partial charge in [-0.1, -0.05) is 24.3 Å². The Hall–Kier alpha value is -1.94. The van der Waals surface area contributed by atoms with Crippen LogP contribution < -0.4 is 4.74 Å². The maximum absolute atomic E-state index is 11.5. The van der Waals surface area contributed by atoms with Gasteiger partial charge in [-0.2, -0.15) is 0 Å². The normalized spacial score (nSPS) is 9.75. The molecule has 80 valence electrons. The van der Waals surface area contributed by atoms with Gasteiger partial charge in [0.25, 0.3) is 5.78 Å². The van der Waals surface area contributed by atoms with E-state index < -0.39 is 11.8 Å². The Bertz CT molecular complexity index is 488. The summed E-state index contributed by atoms with van der Waals surface area (Å²) in [4.78, 5) is 23.4. The number of rotatable bonds is 3. The quantitative estimate of drug-likeness (QED) is 0.353. The van der Waals surface area contributed by atoms with Crippen LogP contribution in [0.15, 0.2) is 47.8 Å². The molecule has 0 atom stereocenters. The molecule has 1 aromatic carbocycles. The van der Waals surface area contributed by atoms with E-state index in [0.717, 1.165) is 0 Å². The Morgan fingerprint density at radius 1 is 1.00 bits per heavy atom. The van der Waals surface area contributed by atoms with Crippen molar-refractivity contribution < 1.29 is 14.3 Å². The van der Waals surface area contributed by atoms with Crippen molar-refractivity contribution in [3.8, 4) is 5.75 Å². The molecule has 0 amide bonds. The second-order valence-corrected chi connectivity index (χ2v) is 3.96. The average molecular weight is 232 g/mol. The molecule has 2 rings (SSSR count). The largest absolute Gasteiger partial charge is 0.421 e. The van der Waals surface area contributed by atoms with E-state index in [2.05, 4.69) is 0 Å². The lowest BCUT2D eigenvalue weighted by atomic mass is 10.3. The van der Waals surface area contributed by atoms with Crippen molar-refractivity contribution in [1.29, 1.82) is 0 Å². The number of benzene rings is 1. The molecule has 3 nitrogen and oxygen atoms in total. The first-order chi connectivity index (χ1) is 7.77. The molecule has 0 spiro atoms.